The summed E-state index contributed by atoms with van der Waals surface area (Å²) in [5.74, 6) is -0.615. The fourth-order valence-electron chi connectivity index (χ4n) is 2.29. The van der Waals surface area contributed by atoms with Crippen LogP contribution in [0.2, 0.25) is 0 Å². The van der Waals surface area contributed by atoms with Gasteiger partial charge in [-0.2, -0.15) is 0 Å². The molecule has 102 valence electrons. The van der Waals surface area contributed by atoms with Gasteiger partial charge in [-0.15, -0.1) is 0 Å². The van der Waals surface area contributed by atoms with Crippen molar-refractivity contribution in [3.05, 3.63) is 35.9 Å². The van der Waals surface area contributed by atoms with Gasteiger partial charge in [0.25, 0.3) is 0 Å². The van der Waals surface area contributed by atoms with Gasteiger partial charge in [-0.25, -0.2) is 0 Å². The second-order valence-electron chi connectivity index (χ2n) is 4.71. The van der Waals surface area contributed by atoms with E-state index in [-0.39, 0.29) is 16.9 Å². The van der Waals surface area contributed by atoms with E-state index in [9.17, 15) is 4.79 Å². The molecule has 0 aliphatic carbocycles. The number of hydrogen-bond acceptors (Lipinski definition) is 3. The maximum atomic E-state index is 12.6. The van der Waals surface area contributed by atoms with Crippen molar-refractivity contribution < 1.29 is 9.53 Å². The SMILES string of the molecule is CN(C(=O)C(C(N)=S)c1ccccc1)C1CCOC1. The van der Waals surface area contributed by atoms with E-state index in [1.165, 1.54) is 0 Å². The van der Waals surface area contributed by atoms with Gasteiger partial charge in [0.2, 0.25) is 5.91 Å². The molecule has 0 radical (unpaired) electrons. The number of carbonyl (C=O) groups is 1. The summed E-state index contributed by atoms with van der Waals surface area (Å²) in [5, 5.41) is 0. The maximum absolute atomic E-state index is 12.6. The number of likely N-dealkylation sites (N-methyl/N-ethyl adjacent to an activating group) is 1. The number of nitrogens with zero attached hydrogens (tertiary/aromatic N) is 1. The van der Waals surface area contributed by atoms with Crippen LogP contribution >= 0.6 is 12.2 Å². The maximum Gasteiger partial charge on any atom is 0.237 e. The summed E-state index contributed by atoms with van der Waals surface area (Å²) in [6.07, 6.45) is 0.862. The summed E-state index contributed by atoms with van der Waals surface area (Å²) in [7, 11) is 1.79. The van der Waals surface area contributed by atoms with Gasteiger partial charge >= 0.3 is 0 Å². The second-order valence-corrected chi connectivity index (χ2v) is 5.18. The first kappa shape index (κ1) is 14.0. The summed E-state index contributed by atoms with van der Waals surface area (Å²) in [6.45, 7) is 1.28. The van der Waals surface area contributed by atoms with Crippen molar-refractivity contribution in [2.45, 2.75) is 18.4 Å². The van der Waals surface area contributed by atoms with Crippen LogP contribution in [0.25, 0.3) is 0 Å². The number of benzene rings is 1. The lowest BCUT2D eigenvalue weighted by atomic mass is 9.97. The zero-order valence-corrected chi connectivity index (χ0v) is 11.7. The Hall–Kier alpha value is -1.46. The largest absolute Gasteiger partial charge is 0.392 e. The molecular weight excluding hydrogens is 260 g/mol. The van der Waals surface area contributed by atoms with Crippen molar-refractivity contribution in [2.24, 2.45) is 5.73 Å². The molecule has 1 saturated heterocycles. The molecule has 0 spiro atoms. The Morgan fingerprint density at radius 1 is 1.47 bits per heavy atom. The van der Waals surface area contributed by atoms with Crippen LogP contribution in [0.4, 0.5) is 0 Å². The summed E-state index contributed by atoms with van der Waals surface area (Å²) in [4.78, 5) is 14.5. The average molecular weight is 278 g/mol. The smallest absolute Gasteiger partial charge is 0.237 e. The Kier molecular flexibility index (Phi) is 4.50. The van der Waals surface area contributed by atoms with Gasteiger partial charge in [0.15, 0.2) is 0 Å². The first-order chi connectivity index (χ1) is 9.11. The lowest BCUT2D eigenvalue weighted by Gasteiger charge is -2.27. The highest BCUT2D eigenvalue weighted by atomic mass is 32.1. The molecule has 0 saturated carbocycles. The zero-order valence-electron chi connectivity index (χ0n) is 10.9. The summed E-state index contributed by atoms with van der Waals surface area (Å²) < 4.78 is 5.32. The van der Waals surface area contributed by atoms with Gasteiger partial charge in [0.05, 0.1) is 17.6 Å². The molecule has 0 aromatic heterocycles. The highest BCUT2D eigenvalue weighted by molar-refractivity contribution is 7.80. The van der Waals surface area contributed by atoms with Crippen molar-refractivity contribution in [1.82, 2.24) is 4.90 Å². The minimum atomic E-state index is -0.554. The van der Waals surface area contributed by atoms with E-state index in [1.54, 1.807) is 11.9 Å². The molecule has 2 N–H and O–H groups in total. The van der Waals surface area contributed by atoms with Gasteiger partial charge in [-0.3, -0.25) is 4.79 Å². The number of carbonyl (C=O) groups excluding carboxylic acids is 1. The lowest BCUT2D eigenvalue weighted by molar-refractivity contribution is -0.132. The zero-order chi connectivity index (χ0) is 13.8. The number of ether oxygens (including phenoxy) is 1. The monoisotopic (exact) mass is 278 g/mol. The number of rotatable bonds is 4. The van der Waals surface area contributed by atoms with Crippen molar-refractivity contribution in [3.63, 3.8) is 0 Å². The molecule has 4 nitrogen and oxygen atoms in total. The van der Waals surface area contributed by atoms with E-state index >= 15 is 0 Å². The molecular formula is C14H18N2O2S. The van der Waals surface area contributed by atoms with Gasteiger partial charge in [0, 0.05) is 13.7 Å². The van der Waals surface area contributed by atoms with Crippen molar-refractivity contribution >= 4 is 23.1 Å². The molecule has 5 heteroatoms. The van der Waals surface area contributed by atoms with Gasteiger partial charge in [-0.05, 0) is 12.0 Å². The van der Waals surface area contributed by atoms with E-state index in [0.717, 1.165) is 12.0 Å². The van der Waals surface area contributed by atoms with Crippen LogP contribution in [0, 0.1) is 0 Å². The minimum Gasteiger partial charge on any atom is -0.392 e. The van der Waals surface area contributed by atoms with Gasteiger partial charge < -0.3 is 15.4 Å². The Labute approximate surface area is 118 Å². The predicted molar refractivity (Wildman–Crippen MR) is 78.0 cm³/mol. The first-order valence-electron chi connectivity index (χ1n) is 6.30. The van der Waals surface area contributed by atoms with Gasteiger partial charge in [-0.1, -0.05) is 42.5 Å². The molecule has 2 atom stereocenters. The van der Waals surface area contributed by atoms with E-state index in [2.05, 4.69) is 0 Å². The molecule has 1 aromatic carbocycles. The molecule has 2 unspecified atom stereocenters. The molecule has 1 aromatic rings. The normalized spacial score (nSPS) is 19.9. The van der Waals surface area contributed by atoms with Crippen LogP contribution in [-0.4, -0.2) is 42.1 Å². The Morgan fingerprint density at radius 2 is 2.16 bits per heavy atom. The molecule has 1 aliphatic heterocycles. The summed E-state index contributed by atoms with van der Waals surface area (Å²) in [6, 6.07) is 9.53. The Morgan fingerprint density at radius 3 is 2.68 bits per heavy atom. The molecule has 19 heavy (non-hydrogen) atoms. The van der Waals surface area contributed by atoms with Crippen molar-refractivity contribution in [2.75, 3.05) is 20.3 Å². The van der Waals surface area contributed by atoms with E-state index < -0.39 is 5.92 Å². The van der Waals surface area contributed by atoms with Crippen LogP contribution in [0.1, 0.15) is 17.9 Å². The highest BCUT2D eigenvalue weighted by Crippen LogP contribution is 2.21. The number of hydrogen-bond donors (Lipinski definition) is 1. The molecule has 1 heterocycles. The molecule has 1 fully saturated rings. The van der Waals surface area contributed by atoms with E-state index in [4.69, 9.17) is 22.7 Å². The standard InChI is InChI=1S/C14H18N2O2S/c1-16(11-7-8-18-9-11)14(17)12(13(15)19)10-5-3-2-4-6-10/h2-6,11-12H,7-9H2,1H3,(H2,15,19). The van der Waals surface area contributed by atoms with Crippen LogP contribution in [0.3, 0.4) is 0 Å². The van der Waals surface area contributed by atoms with Crippen molar-refractivity contribution in [3.8, 4) is 0 Å². The van der Waals surface area contributed by atoms with E-state index in [1.807, 2.05) is 30.3 Å². The quantitative estimate of drug-likeness (QED) is 0.844. The fourth-order valence-corrected chi connectivity index (χ4v) is 2.52. The predicted octanol–water partition coefficient (Wildman–Crippen LogP) is 1.30. The molecule has 0 bridgehead atoms. The van der Waals surface area contributed by atoms with Gasteiger partial charge in [0.1, 0.15) is 5.92 Å². The molecule has 2 rings (SSSR count). The van der Waals surface area contributed by atoms with Crippen LogP contribution in [0.5, 0.6) is 0 Å². The first-order valence-corrected chi connectivity index (χ1v) is 6.70. The topological polar surface area (TPSA) is 55.6 Å². The Bertz CT molecular complexity index is 458. The van der Waals surface area contributed by atoms with Crippen LogP contribution in [0.15, 0.2) is 30.3 Å². The Balaban J connectivity index is 2.19. The second kappa shape index (κ2) is 6.12. The minimum absolute atomic E-state index is 0.0609. The third-order valence-corrected chi connectivity index (χ3v) is 3.70. The summed E-state index contributed by atoms with van der Waals surface area (Å²) >= 11 is 5.07. The van der Waals surface area contributed by atoms with Crippen LogP contribution < -0.4 is 5.73 Å². The molecule has 1 aliphatic rings. The van der Waals surface area contributed by atoms with Crippen molar-refractivity contribution in [1.29, 1.82) is 0 Å². The number of nitrogens with two attached hydrogens (primary N) is 1. The fraction of sp³-hybridized carbons (Fsp3) is 0.429. The third-order valence-electron chi connectivity index (χ3n) is 3.47. The highest BCUT2D eigenvalue weighted by Gasteiger charge is 2.31. The van der Waals surface area contributed by atoms with E-state index in [0.29, 0.717) is 13.2 Å². The lowest BCUT2D eigenvalue weighted by Crippen LogP contribution is -2.43. The average Bonchev–Trinajstić information content (AvgIpc) is 2.92. The third kappa shape index (κ3) is 3.11. The van der Waals surface area contributed by atoms with Crippen LogP contribution in [-0.2, 0) is 9.53 Å². The molecule has 1 amide bonds. The number of amides is 1. The summed E-state index contributed by atoms with van der Waals surface area (Å²) in [5.41, 5.74) is 6.60. The number of thiocarbonyl (C=S) groups is 1.